The summed E-state index contributed by atoms with van der Waals surface area (Å²) in [6.07, 6.45) is 0. The van der Waals surface area contributed by atoms with E-state index in [0.717, 1.165) is 6.07 Å². The van der Waals surface area contributed by atoms with E-state index in [0.29, 0.717) is 16.3 Å². The van der Waals surface area contributed by atoms with Crippen LogP contribution in [0.25, 0.3) is 0 Å². The molecule has 0 unspecified atom stereocenters. The van der Waals surface area contributed by atoms with Crippen LogP contribution >= 0.6 is 11.6 Å². The lowest BCUT2D eigenvalue weighted by molar-refractivity contribution is 0.0946. The molecule has 2 N–H and O–H groups in total. The van der Waals surface area contributed by atoms with Gasteiger partial charge in [-0.15, -0.1) is 0 Å². The van der Waals surface area contributed by atoms with Gasteiger partial charge in [-0.3, -0.25) is 4.79 Å². The molecule has 6 heteroatoms. The van der Waals surface area contributed by atoms with Crippen LogP contribution in [-0.4, -0.2) is 18.1 Å². The van der Waals surface area contributed by atoms with Gasteiger partial charge in [-0.25, -0.2) is 4.39 Å². The van der Waals surface area contributed by atoms with Crippen molar-refractivity contribution in [2.45, 2.75) is 6.54 Å². The second-order valence-corrected chi connectivity index (χ2v) is 4.67. The maximum atomic E-state index is 13.6. The van der Waals surface area contributed by atoms with Gasteiger partial charge in [0.15, 0.2) is 0 Å². The van der Waals surface area contributed by atoms with Crippen LogP contribution in [0.4, 0.5) is 4.39 Å². The molecule has 0 bridgehead atoms. The Balaban J connectivity index is 2.15. The largest absolute Gasteiger partial charge is 0.508 e. The highest BCUT2D eigenvalue weighted by molar-refractivity contribution is 6.31. The maximum absolute atomic E-state index is 13.6. The lowest BCUT2D eigenvalue weighted by Gasteiger charge is -2.11. The van der Waals surface area contributed by atoms with E-state index >= 15 is 0 Å². The second kappa shape index (κ2) is 6.45. The minimum Gasteiger partial charge on any atom is -0.508 e. The fourth-order valence-electron chi connectivity index (χ4n) is 1.85. The first kappa shape index (κ1) is 15.1. The third kappa shape index (κ3) is 3.44. The molecule has 0 atom stereocenters. The van der Waals surface area contributed by atoms with Gasteiger partial charge in [0, 0.05) is 23.2 Å². The zero-order chi connectivity index (χ0) is 15.4. The van der Waals surface area contributed by atoms with Gasteiger partial charge in [-0.05, 0) is 24.3 Å². The van der Waals surface area contributed by atoms with Gasteiger partial charge in [-0.1, -0.05) is 17.7 Å². The van der Waals surface area contributed by atoms with Gasteiger partial charge >= 0.3 is 0 Å². The molecule has 21 heavy (non-hydrogen) atoms. The number of methoxy groups -OCH3 is 1. The molecule has 0 aliphatic carbocycles. The molecule has 2 aromatic carbocycles. The molecular formula is C15H13ClFNO3. The number of halogens is 2. The maximum Gasteiger partial charge on any atom is 0.254 e. The van der Waals surface area contributed by atoms with Crippen LogP contribution in [-0.2, 0) is 6.54 Å². The number of hydrogen-bond donors (Lipinski definition) is 2. The van der Waals surface area contributed by atoms with Crippen LogP contribution in [0.2, 0.25) is 5.02 Å². The highest BCUT2D eigenvalue weighted by atomic mass is 35.5. The monoisotopic (exact) mass is 309 g/mol. The van der Waals surface area contributed by atoms with Gasteiger partial charge in [0.05, 0.1) is 12.7 Å². The SMILES string of the molecule is COc1cccc(Cl)c1CNC(=O)c1ccc(O)cc1F. The molecule has 0 aliphatic rings. The smallest absolute Gasteiger partial charge is 0.254 e. The first-order valence-electron chi connectivity index (χ1n) is 6.11. The molecule has 110 valence electrons. The first-order chi connectivity index (χ1) is 10.0. The van der Waals surface area contributed by atoms with Gasteiger partial charge in [0.2, 0.25) is 0 Å². The summed E-state index contributed by atoms with van der Waals surface area (Å²) in [6.45, 7) is 0.0992. The lowest BCUT2D eigenvalue weighted by atomic mass is 10.1. The van der Waals surface area contributed by atoms with Crippen molar-refractivity contribution in [1.82, 2.24) is 5.32 Å². The Labute approximate surface area is 126 Å². The molecule has 4 nitrogen and oxygen atoms in total. The number of phenolic OH excluding ortho intramolecular Hbond substituents is 1. The first-order valence-corrected chi connectivity index (χ1v) is 6.49. The zero-order valence-electron chi connectivity index (χ0n) is 11.2. The number of hydrogen-bond acceptors (Lipinski definition) is 3. The van der Waals surface area contributed by atoms with Gasteiger partial charge in [-0.2, -0.15) is 0 Å². The minimum atomic E-state index is -0.793. The summed E-state index contributed by atoms with van der Waals surface area (Å²) in [5.41, 5.74) is 0.452. The Kier molecular flexibility index (Phi) is 4.65. The molecule has 0 heterocycles. The summed E-state index contributed by atoms with van der Waals surface area (Å²) in [5, 5.41) is 12.1. The van der Waals surface area contributed by atoms with Crippen LogP contribution in [0.3, 0.4) is 0 Å². The molecular weight excluding hydrogens is 297 g/mol. The fourth-order valence-corrected chi connectivity index (χ4v) is 2.09. The zero-order valence-corrected chi connectivity index (χ0v) is 11.9. The summed E-state index contributed by atoms with van der Waals surface area (Å²) in [6, 6.07) is 8.45. The van der Waals surface area contributed by atoms with E-state index in [1.165, 1.54) is 19.2 Å². The Bertz CT molecular complexity index is 676. The van der Waals surface area contributed by atoms with Crippen molar-refractivity contribution in [2.75, 3.05) is 7.11 Å². The molecule has 0 saturated carbocycles. The van der Waals surface area contributed by atoms with Gasteiger partial charge < -0.3 is 15.2 Å². The van der Waals surface area contributed by atoms with Crippen molar-refractivity contribution in [3.05, 3.63) is 58.4 Å². The number of carbonyl (C=O) groups is 1. The molecule has 0 aliphatic heterocycles. The molecule has 0 fully saturated rings. The number of carbonyl (C=O) groups excluding carboxylic acids is 1. The highest BCUT2D eigenvalue weighted by Crippen LogP contribution is 2.26. The number of ether oxygens (including phenoxy) is 1. The normalized spacial score (nSPS) is 10.2. The summed E-state index contributed by atoms with van der Waals surface area (Å²) in [4.78, 5) is 11.9. The van der Waals surface area contributed by atoms with Crippen molar-refractivity contribution in [3.63, 3.8) is 0 Å². The fraction of sp³-hybridized carbons (Fsp3) is 0.133. The van der Waals surface area contributed by atoms with Crippen LogP contribution in [0.1, 0.15) is 15.9 Å². The third-order valence-corrected chi connectivity index (χ3v) is 3.27. The van der Waals surface area contributed by atoms with Crippen molar-refractivity contribution < 1.29 is 19.0 Å². The Morgan fingerprint density at radius 1 is 1.38 bits per heavy atom. The topological polar surface area (TPSA) is 58.6 Å². The average molecular weight is 310 g/mol. The number of rotatable bonds is 4. The third-order valence-electron chi connectivity index (χ3n) is 2.92. The van der Waals surface area contributed by atoms with Gasteiger partial charge in [0.25, 0.3) is 5.91 Å². The van der Waals surface area contributed by atoms with E-state index in [1.54, 1.807) is 18.2 Å². The second-order valence-electron chi connectivity index (χ2n) is 4.27. The molecule has 0 radical (unpaired) electrons. The quantitative estimate of drug-likeness (QED) is 0.912. The van der Waals surface area contributed by atoms with Crippen LogP contribution in [0.15, 0.2) is 36.4 Å². The van der Waals surface area contributed by atoms with Crippen LogP contribution < -0.4 is 10.1 Å². The summed E-state index contributed by atoms with van der Waals surface area (Å²) < 4.78 is 18.7. The molecule has 0 aromatic heterocycles. The summed E-state index contributed by atoms with van der Waals surface area (Å²) >= 11 is 6.05. The van der Waals surface area contributed by atoms with E-state index in [2.05, 4.69) is 5.32 Å². The van der Waals surface area contributed by atoms with E-state index in [4.69, 9.17) is 21.4 Å². The number of nitrogens with one attached hydrogen (secondary N) is 1. The van der Waals surface area contributed by atoms with Crippen molar-refractivity contribution in [2.24, 2.45) is 0 Å². The number of amides is 1. The molecule has 0 saturated heterocycles. The molecule has 1 amide bonds. The Morgan fingerprint density at radius 2 is 2.14 bits per heavy atom. The van der Waals surface area contributed by atoms with Crippen LogP contribution in [0.5, 0.6) is 11.5 Å². The van der Waals surface area contributed by atoms with Gasteiger partial charge in [0.1, 0.15) is 17.3 Å². The number of benzene rings is 2. The predicted molar refractivity (Wildman–Crippen MR) is 77.2 cm³/mol. The predicted octanol–water partition coefficient (Wildman–Crippen LogP) is 3.12. The molecule has 0 spiro atoms. The lowest BCUT2D eigenvalue weighted by Crippen LogP contribution is -2.24. The standard InChI is InChI=1S/C15H13ClFNO3/c1-21-14-4-2-3-12(16)11(14)8-18-15(20)10-6-5-9(19)7-13(10)17/h2-7,19H,8H2,1H3,(H,18,20). The van der Waals surface area contributed by atoms with Crippen molar-refractivity contribution >= 4 is 17.5 Å². The van der Waals surface area contributed by atoms with Crippen LogP contribution in [0, 0.1) is 5.82 Å². The van der Waals surface area contributed by atoms with E-state index in [-0.39, 0.29) is 17.9 Å². The van der Waals surface area contributed by atoms with Crippen molar-refractivity contribution in [3.8, 4) is 11.5 Å². The van der Waals surface area contributed by atoms with E-state index < -0.39 is 11.7 Å². The minimum absolute atomic E-state index is 0.0992. The number of phenols is 1. The highest BCUT2D eigenvalue weighted by Gasteiger charge is 2.14. The summed E-state index contributed by atoms with van der Waals surface area (Å²) in [5.74, 6) is -1.10. The Hall–Kier alpha value is -2.27. The Morgan fingerprint density at radius 3 is 2.81 bits per heavy atom. The number of aromatic hydroxyl groups is 1. The molecule has 2 rings (SSSR count). The summed E-state index contributed by atoms with van der Waals surface area (Å²) in [7, 11) is 1.50. The van der Waals surface area contributed by atoms with E-state index in [1.807, 2.05) is 0 Å². The molecule has 2 aromatic rings. The average Bonchev–Trinajstić information content (AvgIpc) is 2.45. The van der Waals surface area contributed by atoms with E-state index in [9.17, 15) is 9.18 Å². The van der Waals surface area contributed by atoms with Crippen molar-refractivity contribution in [1.29, 1.82) is 0 Å².